The molecule has 3 nitrogen and oxygen atoms in total. The summed E-state index contributed by atoms with van der Waals surface area (Å²) in [7, 11) is 0. The summed E-state index contributed by atoms with van der Waals surface area (Å²) in [4.78, 5) is 14.2. The lowest BCUT2D eigenvalue weighted by Crippen LogP contribution is -2.08. The van der Waals surface area contributed by atoms with Crippen molar-refractivity contribution in [3.8, 4) is 0 Å². The first-order valence-electron chi connectivity index (χ1n) is 3.72. The van der Waals surface area contributed by atoms with E-state index >= 15 is 0 Å². The van der Waals surface area contributed by atoms with Gasteiger partial charge in [0.1, 0.15) is 5.69 Å². The van der Waals surface area contributed by atoms with E-state index in [0.29, 0.717) is 9.86 Å². The molecule has 14 heavy (non-hydrogen) atoms. The Hall–Kier alpha value is -0.630. The molecule has 76 valence electrons. The highest BCUT2D eigenvalue weighted by molar-refractivity contribution is 14.1. The molecule has 1 rings (SSSR count). The number of pyridine rings is 1. The Kier molecular flexibility index (Phi) is 3.87. The van der Waals surface area contributed by atoms with Crippen molar-refractivity contribution in [2.45, 2.75) is 13.0 Å². The molecule has 1 heterocycles. The van der Waals surface area contributed by atoms with E-state index in [1.807, 2.05) is 0 Å². The molecule has 1 aromatic rings. The number of carbonyl (C=O) groups is 1. The topological polar surface area (TPSA) is 56.0 Å². The number of nitrogens with two attached hydrogens (primary N) is 1. The van der Waals surface area contributed by atoms with Crippen LogP contribution in [-0.4, -0.2) is 11.3 Å². The van der Waals surface area contributed by atoms with Gasteiger partial charge in [-0.1, -0.05) is 0 Å². The normalized spacial score (nSPS) is 10.6. The minimum Gasteiger partial charge on any atom is -0.325 e. The Morgan fingerprint density at radius 1 is 1.64 bits per heavy atom. The lowest BCUT2D eigenvalue weighted by atomic mass is 10.2. The third-order valence-electron chi connectivity index (χ3n) is 1.66. The molecule has 0 aliphatic heterocycles. The number of carbonyl (C=O) groups excluding carboxylic acids is 1. The van der Waals surface area contributed by atoms with E-state index in [9.17, 15) is 13.6 Å². The molecule has 0 aromatic carbocycles. The largest absolute Gasteiger partial charge is 0.325 e. The first-order chi connectivity index (χ1) is 6.60. The number of aromatic nitrogens is 1. The van der Waals surface area contributed by atoms with Crippen LogP contribution >= 0.6 is 22.6 Å². The minimum atomic E-state index is -2.62. The van der Waals surface area contributed by atoms with Crippen molar-refractivity contribution in [1.29, 1.82) is 0 Å². The van der Waals surface area contributed by atoms with E-state index in [1.165, 1.54) is 6.07 Å². The first kappa shape index (κ1) is 11.4. The highest BCUT2D eigenvalue weighted by Gasteiger charge is 2.16. The maximum absolute atomic E-state index is 12.4. The van der Waals surface area contributed by atoms with Crippen LogP contribution in [0.3, 0.4) is 0 Å². The van der Waals surface area contributed by atoms with Crippen LogP contribution < -0.4 is 5.73 Å². The van der Waals surface area contributed by atoms with Crippen LogP contribution in [0.2, 0.25) is 0 Å². The smallest absolute Gasteiger partial charge is 0.265 e. The van der Waals surface area contributed by atoms with Gasteiger partial charge in [0.2, 0.25) is 0 Å². The minimum absolute atomic E-state index is 0.0718. The fourth-order valence-electron chi connectivity index (χ4n) is 0.992. The SMILES string of the molecule is NCc1nc(C=O)c(I)cc1C(F)F. The lowest BCUT2D eigenvalue weighted by molar-refractivity contribution is 0.111. The van der Waals surface area contributed by atoms with Crippen molar-refractivity contribution in [2.24, 2.45) is 5.73 Å². The van der Waals surface area contributed by atoms with Crippen LogP contribution in [-0.2, 0) is 6.54 Å². The van der Waals surface area contributed by atoms with E-state index in [-0.39, 0.29) is 23.5 Å². The van der Waals surface area contributed by atoms with Crippen LogP contribution in [0.25, 0.3) is 0 Å². The number of alkyl halides is 2. The summed E-state index contributed by atoms with van der Waals surface area (Å²) >= 11 is 1.78. The van der Waals surface area contributed by atoms with Gasteiger partial charge in [-0.3, -0.25) is 4.79 Å². The van der Waals surface area contributed by atoms with Gasteiger partial charge in [-0.2, -0.15) is 0 Å². The molecular formula is C8H7F2IN2O. The van der Waals surface area contributed by atoms with Crippen LogP contribution in [0.15, 0.2) is 6.07 Å². The van der Waals surface area contributed by atoms with Crippen molar-refractivity contribution in [2.75, 3.05) is 0 Å². The molecule has 0 unspecified atom stereocenters. The molecular weight excluding hydrogens is 305 g/mol. The van der Waals surface area contributed by atoms with Gasteiger partial charge in [-0.25, -0.2) is 13.8 Å². The average Bonchev–Trinajstić information content (AvgIpc) is 2.17. The Morgan fingerprint density at radius 2 is 2.29 bits per heavy atom. The molecule has 1 aromatic heterocycles. The van der Waals surface area contributed by atoms with E-state index in [1.54, 1.807) is 22.6 Å². The molecule has 0 saturated heterocycles. The van der Waals surface area contributed by atoms with Gasteiger partial charge in [0.15, 0.2) is 6.29 Å². The summed E-state index contributed by atoms with van der Waals surface area (Å²) in [6, 6.07) is 1.24. The zero-order valence-corrected chi connectivity index (χ0v) is 9.16. The predicted molar refractivity (Wildman–Crippen MR) is 55.2 cm³/mol. The molecule has 0 fully saturated rings. The highest BCUT2D eigenvalue weighted by Crippen LogP contribution is 2.24. The van der Waals surface area contributed by atoms with E-state index in [2.05, 4.69) is 4.98 Å². The van der Waals surface area contributed by atoms with Crippen molar-refractivity contribution >= 4 is 28.9 Å². The van der Waals surface area contributed by atoms with Gasteiger partial charge in [-0.15, -0.1) is 0 Å². The Morgan fingerprint density at radius 3 is 2.71 bits per heavy atom. The monoisotopic (exact) mass is 312 g/mol. The average molecular weight is 312 g/mol. The predicted octanol–water partition coefficient (Wildman–Crippen LogP) is 1.90. The summed E-state index contributed by atoms with van der Waals surface area (Å²) in [6.45, 7) is -0.0998. The molecule has 0 radical (unpaired) electrons. The molecule has 0 atom stereocenters. The van der Waals surface area contributed by atoms with Crippen LogP contribution in [0.5, 0.6) is 0 Å². The third kappa shape index (κ3) is 2.24. The van der Waals surface area contributed by atoms with E-state index in [0.717, 1.165) is 0 Å². The van der Waals surface area contributed by atoms with Crippen LogP contribution in [0.4, 0.5) is 8.78 Å². The molecule has 0 aliphatic rings. The summed E-state index contributed by atoms with van der Waals surface area (Å²) < 4.78 is 25.3. The Balaban J connectivity index is 3.31. The first-order valence-corrected chi connectivity index (χ1v) is 4.80. The number of aldehydes is 1. The maximum Gasteiger partial charge on any atom is 0.265 e. The van der Waals surface area contributed by atoms with E-state index < -0.39 is 6.43 Å². The number of rotatable bonds is 3. The van der Waals surface area contributed by atoms with Crippen LogP contribution in [0.1, 0.15) is 28.2 Å². The van der Waals surface area contributed by atoms with Gasteiger partial charge in [0.25, 0.3) is 6.43 Å². The standard InChI is InChI=1S/C8H7F2IN2O/c9-8(10)4-1-5(11)7(3-14)13-6(4)2-12/h1,3,8H,2,12H2. The van der Waals surface area contributed by atoms with Crippen molar-refractivity contribution < 1.29 is 13.6 Å². The summed E-state index contributed by atoms with van der Waals surface area (Å²) in [5.74, 6) is 0. The molecule has 0 aliphatic carbocycles. The van der Waals surface area contributed by atoms with Crippen molar-refractivity contribution in [3.05, 3.63) is 26.6 Å². The number of halogens is 3. The lowest BCUT2D eigenvalue weighted by Gasteiger charge is -2.07. The zero-order valence-electron chi connectivity index (χ0n) is 7.01. The highest BCUT2D eigenvalue weighted by atomic mass is 127. The second-order valence-electron chi connectivity index (χ2n) is 2.51. The van der Waals surface area contributed by atoms with Crippen molar-refractivity contribution in [3.63, 3.8) is 0 Å². The van der Waals surface area contributed by atoms with Gasteiger partial charge < -0.3 is 5.73 Å². The maximum atomic E-state index is 12.4. The summed E-state index contributed by atoms with van der Waals surface area (Å²) in [5, 5.41) is 0. The van der Waals surface area contributed by atoms with Gasteiger partial charge in [0.05, 0.1) is 5.69 Å². The van der Waals surface area contributed by atoms with Gasteiger partial charge >= 0.3 is 0 Å². The number of hydrogen-bond donors (Lipinski definition) is 1. The van der Waals surface area contributed by atoms with Crippen LogP contribution in [0, 0.1) is 3.57 Å². The number of nitrogens with zero attached hydrogens (tertiary/aromatic N) is 1. The Labute approximate surface area is 92.8 Å². The molecule has 0 saturated carbocycles. The molecule has 2 N–H and O–H groups in total. The number of hydrogen-bond acceptors (Lipinski definition) is 3. The molecule has 6 heteroatoms. The second kappa shape index (κ2) is 4.74. The fraction of sp³-hybridized carbons (Fsp3) is 0.250. The second-order valence-corrected chi connectivity index (χ2v) is 3.68. The molecule has 0 bridgehead atoms. The van der Waals surface area contributed by atoms with Gasteiger partial charge in [0, 0.05) is 15.7 Å². The van der Waals surface area contributed by atoms with E-state index in [4.69, 9.17) is 5.73 Å². The molecule has 0 spiro atoms. The third-order valence-corrected chi connectivity index (χ3v) is 2.52. The van der Waals surface area contributed by atoms with Gasteiger partial charge in [-0.05, 0) is 28.7 Å². The fourth-order valence-corrected chi connectivity index (χ4v) is 1.58. The quantitative estimate of drug-likeness (QED) is 0.685. The molecule has 0 amide bonds. The Bertz CT molecular complexity index is 357. The summed E-state index contributed by atoms with van der Waals surface area (Å²) in [5.41, 5.74) is 5.26. The van der Waals surface area contributed by atoms with Crippen molar-refractivity contribution in [1.82, 2.24) is 4.98 Å². The zero-order chi connectivity index (χ0) is 10.7. The summed E-state index contributed by atoms with van der Waals surface area (Å²) in [6.07, 6.45) is -2.09.